The first-order chi connectivity index (χ1) is 12.0. The Bertz CT molecular complexity index is 644. The summed E-state index contributed by atoms with van der Waals surface area (Å²) in [5, 5.41) is 2.82. The van der Waals surface area contributed by atoms with Crippen molar-refractivity contribution in [1.29, 1.82) is 0 Å². The lowest BCUT2D eigenvalue weighted by Crippen LogP contribution is -2.40. The monoisotopic (exact) mass is 348 g/mol. The molecule has 0 atom stereocenters. The fourth-order valence-corrected chi connectivity index (χ4v) is 2.60. The van der Waals surface area contributed by atoms with E-state index in [1.807, 2.05) is 0 Å². The predicted molar refractivity (Wildman–Crippen MR) is 93.0 cm³/mol. The molecule has 1 aliphatic heterocycles. The van der Waals surface area contributed by atoms with E-state index >= 15 is 0 Å². The van der Waals surface area contributed by atoms with Gasteiger partial charge in [-0.05, 0) is 38.0 Å². The number of carbonyl (C=O) groups is 3. The molecule has 0 bridgehead atoms. The van der Waals surface area contributed by atoms with Gasteiger partial charge in [-0.2, -0.15) is 0 Å². The second-order valence-corrected chi connectivity index (χ2v) is 5.87. The Hall–Kier alpha value is -2.41. The maximum Gasteiger partial charge on any atom is 0.265 e. The minimum atomic E-state index is -0.172. The third-order valence-corrected chi connectivity index (χ3v) is 3.94. The minimum absolute atomic E-state index is 0.0321. The Labute approximate surface area is 147 Å². The van der Waals surface area contributed by atoms with E-state index in [0.717, 1.165) is 6.42 Å². The number of methoxy groups -OCH3 is 1. The van der Waals surface area contributed by atoms with Gasteiger partial charge in [0.25, 0.3) is 5.91 Å². The van der Waals surface area contributed by atoms with Gasteiger partial charge in [0.1, 0.15) is 5.75 Å². The van der Waals surface area contributed by atoms with Crippen LogP contribution in [0.5, 0.6) is 5.75 Å². The van der Waals surface area contributed by atoms with Gasteiger partial charge >= 0.3 is 0 Å². The van der Waals surface area contributed by atoms with E-state index in [0.29, 0.717) is 49.5 Å². The summed E-state index contributed by atoms with van der Waals surface area (Å²) in [6.07, 6.45) is 1.64. The van der Waals surface area contributed by atoms with Crippen molar-refractivity contribution >= 4 is 23.3 Å². The van der Waals surface area contributed by atoms with Crippen LogP contribution >= 0.6 is 0 Å². The van der Waals surface area contributed by atoms with Crippen molar-refractivity contribution in [2.75, 3.05) is 38.3 Å². The zero-order valence-electron chi connectivity index (χ0n) is 14.7. The molecule has 0 aliphatic carbocycles. The summed E-state index contributed by atoms with van der Waals surface area (Å²) in [4.78, 5) is 37.1. The number of benzene rings is 1. The van der Waals surface area contributed by atoms with Gasteiger partial charge in [0.15, 0.2) is 12.4 Å². The van der Waals surface area contributed by atoms with Crippen molar-refractivity contribution in [1.82, 2.24) is 5.32 Å². The van der Waals surface area contributed by atoms with Crippen LogP contribution in [0.15, 0.2) is 18.2 Å². The second kappa shape index (κ2) is 9.17. The number of ether oxygens (including phenoxy) is 2. The van der Waals surface area contributed by atoms with Crippen LogP contribution in [0.2, 0.25) is 0 Å². The fraction of sp³-hybridized carbons (Fsp3) is 0.500. The molecule has 7 heteroatoms. The van der Waals surface area contributed by atoms with Crippen molar-refractivity contribution in [3.63, 3.8) is 0 Å². The minimum Gasteiger partial charge on any atom is -0.482 e. The van der Waals surface area contributed by atoms with Crippen molar-refractivity contribution in [2.24, 2.45) is 0 Å². The van der Waals surface area contributed by atoms with E-state index in [2.05, 4.69) is 5.32 Å². The van der Waals surface area contributed by atoms with Gasteiger partial charge < -0.3 is 19.7 Å². The quantitative estimate of drug-likeness (QED) is 0.541. The standard InChI is InChI=1S/C18H24N2O5/c1-13(21)14-6-7-16-15(11-14)20(18(23)12-25-16)9-3-5-17(22)19-8-4-10-24-2/h6-7,11H,3-5,8-10,12H2,1-2H3,(H,19,22). The predicted octanol–water partition coefficient (Wildman–Crippen LogP) is 1.55. The van der Waals surface area contributed by atoms with Gasteiger partial charge in [0.05, 0.1) is 5.69 Å². The summed E-state index contributed by atoms with van der Waals surface area (Å²) in [6.45, 7) is 3.04. The average molecular weight is 348 g/mol. The highest BCUT2D eigenvalue weighted by Gasteiger charge is 2.26. The second-order valence-electron chi connectivity index (χ2n) is 5.87. The maximum absolute atomic E-state index is 12.2. The molecule has 1 aromatic carbocycles. The molecule has 0 fully saturated rings. The van der Waals surface area contributed by atoms with Crippen LogP contribution in [0.3, 0.4) is 0 Å². The van der Waals surface area contributed by atoms with Gasteiger partial charge in [-0.1, -0.05) is 0 Å². The number of hydrogen-bond donors (Lipinski definition) is 1. The topological polar surface area (TPSA) is 84.9 Å². The summed E-state index contributed by atoms with van der Waals surface area (Å²) >= 11 is 0. The zero-order chi connectivity index (χ0) is 18.2. The van der Waals surface area contributed by atoms with Crippen molar-refractivity contribution in [2.45, 2.75) is 26.2 Å². The van der Waals surface area contributed by atoms with Gasteiger partial charge in [-0.15, -0.1) is 0 Å². The summed E-state index contributed by atoms with van der Waals surface area (Å²) in [5.41, 5.74) is 1.11. The smallest absolute Gasteiger partial charge is 0.265 e. The molecular weight excluding hydrogens is 324 g/mol. The van der Waals surface area contributed by atoms with Crippen LogP contribution in [-0.2, 0) is 14.3 Å². The normalized spacial score (nSPS) is 13.2. The molecule has 0 radical (unpaired) electrons. The average Bonchev–Trinajstić information content (AvgIpc) is 2.60. The van der Waals surface area contributed by atoms with E-state index in [4.69, 9.17) is 9.47 Å². The van der Waals surface area contributed by atoms with Gasteiger partial charge in [0.2, 0.25) is 5.91 Å². The Morgan fingerprint density at radius 2 is 2.12 bits per heavy atom. The molecule has 0 saturated heterocycles. The number of anilines is 1. The van der Waals surface area contributed by atoms with Crippen LogP contribution < -0.4 is 15.0 Å². The molecule has 0 aromatic heterocycles. The van der Waals surface area contributed by atoms with Crippen LogP contribution in [-0.4, -0.2) is 51.0 Å². The number of fused-ring (bicyclic) bond motifs is 1. The van der Waals surface area contributed by atoms with Crippen molar-refractivity contribution < 1.29 is 23.9 Å². The number of Topliss-reactive ketones (excluding diaryl/α,β-unsaturated/α-hetero) is 1. The van der Waals surface area contributed by atoms with Crippen LogP contribution in [0, 0.1) is 0 Å². The van der Waals surface area contributed by atoms with E-state index in [1.54, 1.807) is 30.2 Å². The number of nitrogens with zero attached hydrogens (tertiary/aromatic N) is 1. The molecule has 1 aromatic rings. The largest absolute Gasteiger partial charge is 0.482 e. The first kappa shape index (κ1) is 18.9. The summed E-state index contributed by atoms with van der Waals surface area (Å²) < 4.78 is 10.3. The molecule has 7 nitrogen and oxygen atoms in total. The maximum atomic E-state index is 12.2. The highest BCUT2D eigenvalue weighted by Crippen LogP contribution is 2.33. The molecule has 2 amide bonds. The summed E-state index contributed by atoms with van der Waals surface area (Å²) in [6, 6.07) is 5.05. The molecule has 0 unspecified atom stereocenters. The van der Waals surface area contributed by atoms with E-state index in [-0.39, 0.29) is 24.2 Å². The molecule has 1 aliphatic rings. The Balaban J connectivity index is 1.91. The molecule has 136 valence electrons. The van der Waals surface area contributed by atoms with E-state index in [1.165, 1.54) is 6.92 Å². The lowest BCUT2D eigenvalue weighted by Gasteiger charge is -2.29. The number of ketones is 1. The molecular formula is C18H24N2O5. The van der Waals surface area contributed by atoms with Gasteiger partial charge in [0, 0.05) is 38.8 Å². The number of carbonyl (C=O) groups excluding carboxylic acids is 3. The Morgan fingerprint density at radius 1 is 1.32 bits per heavy atom. The Morgan fingerprint density at radius 3 is 2.84 bits per heavy atom. The zero-order valence-corrected chi connectivity index (χ0v) is 14.7. The summed E-state index contributed by atoms with van der Waals surface area (Å²) in [5.74, 6) is 0.285. The number of hydrogen-bond acceptors (Lipinski definition) is 5. The fourth-order valence-electron chi connectivity index (χ4n) is 2.60. The number of rotatable bonds is 9. The summed E-state index contributed by atoms with van der Waals surface area (Å²) in [7, 11) is 1.62. The number of nitrogens with one attached hydrogen (secondary N) is 1. The lowest BCUT2D eigenvalue weighted by molar-refractivity contribution is -0.122. The van der Waals surface area contributed by atoms with Crippen LogP contribution in [0.1, 0.15) is 36.5 Å². The molecule has 2 rings (SSSR count). The molecule has 0 spiro atoms. The molecule has 0 saturated carbocycles. The SMILES string of the molecule is COCCCNC(=O)CCCN1C(=O)COc2ccc(C(C)=O)cc21. The third-order valence-electron chi connectivity index (χ3n) is 3.94. The Kier molecular flexibility index (Phi) is 6.94. The van der Waals surface area contributed by atoms with Crippen LogP contribution in [0.4, 0.5) is 5.69 Å². The first-order valence-corrected chi connectivity index (χ1v) is 8.36. The molecule has 1 N–H and O–H groups in total. The van der Waals surface area contributed by atoms with E-state index < -0.39 is 0 Å². The molecule has 25 heavy (non-hydrogen) atoms. The first-order valence-electron chi connectivity index (χ1n) is 8.36. The van der Waals surface area contributed by atoms with Gasteiger partial charge in [-0.25, -0.2) is 0 Å². The van der Waals surface area contributed by atoms with Crippen molar-refractivity contribution in [3.05, 3.63) is 23.8 Å². The van der Waals surface area contributed by atoms with E-state index in [9.17, 15) is 14.4 Å². The highest BCUT2D eigenvalue weighted by atomic mass is 16.5. The lowest BCUT2D eigenvalue weighted by atomic mass is 10.1. The van der Waals surface area contributed by atoms with Crippen LogP contribution in [0.25, 0.3) is 0 Å². The number of amides is 2. The van der Waals surface area contributed by atoms with Crippen molar-refractivity contribution in [3.8, 4) is 5.75 Å². The molecule has 1 heterocycles. The highest BCUT2D eigenvalue weighted by molar-refractivity contribution is 6.01. The van der Waals surface area contributed by atoms with Gasteiger partial charge in [-0.3, -0.25) is 14.4 Å². The third kappa shape index (κ3) is 5.29.